The van der Waals surface area contributed by atoms with Gasteiger partial charge in [-0.05, 0) is 30.7 Å². The predicted octanol–water partition coefficient (Wildman–Crippen LogP) is 2.97. The van der Waals surface area contributed by atoms with Crippen molar-refractivity contribution < 1.29 is 23.8 Å². The lowest BCUT2D eigenvalue weighted by atomic mass is 9.76. The molecule has 3 aliphatic rings. The molecule has 0 aliphatic carbocycles. The summed E-state index contributed by atoms with van der Waals surface area (Å²) >= 11 is 3.62. The van der Waals surface area contributed by atoms with Crippen molar-refractivity contribution in [2.45, 2.75) is 18.8 Å². The lowest BCUT2D eigenvalue weighted by Gasteiger charge is -2.23. The van der Waals surface area contributed by atoms with Crippen LogP contribution < -0.4 is 14.4 Å². The van der Waals surface area contributed by atoms with Crippen molar-refractivity contribution >= 4 is 33.5 Å². The summed E-state index contributed by atoms with van der Waals surface area (Å²) in [6.45, 7) is 2.73. The molecule has 0 aromatic heterocycles. The third-order valence-electron chi connectivity index (χ3n) is 5.61. The second kappa shape index (κ2) is 6.24. The maximum atomic E-state index is 13.7. The van der Waals surface area contributed by atoms with Crippen LogP contribution in [0.4, 0.5) is 5.69 Å². The number of rotatable bonds is 3. The second-order valence-corrected chi connectivity index (χ2v) is 7.93. The first-order valence-electron chi connectivity index (χ1n) is 9.26. The minimum atomic E-state index is -0.977. The summed E-state index contributed by atoms with van der Waals surface area (Å²) < 4.78 is 17.5. The summed E-state index contributed by atoms with van der Waals surface area (Å²) in [5.74, 6) is 0.881. The van der Waals surface area contributed by atoms with Gasteiger partial charge in [-0.15, -0.1) is 0 Å². The van der Waals surface area contributed by atoms with Gasteiger partial charge in [-0.25, -0.2) is 0 Å². The molecule has 1 spiro atoms. The molecule has 0 saturated heterocycles. The zero-order chi connectivity index (χ0) is 19.5. The van der Waals surface area contributed by atoms with E-state index in [0.29, 0.717) is 18.0 Å². The summed E-state index contributed by atoms with van der Waals surface area (Å²) in [5, 5.41) is 0. The Morgan fingerprint density at radius 2 is 2.14 bits per heavy atom. The number of hydrogen-bond donors (Lipinski definition) is 0. The van der Waals surface area contributed by atoms with E-state index in [1.165, 1.54) is 4.90 Å². The van der Waals surface area contributed by atoms with E-state index >= 15 is 0 Å². The highest BCUT2D eigenvalue weighted by atomic mass is 79.9. The lowest BCUT2D eigenvalue weighted by molar-refractivity contribution is -0.142. The van der Waals surface area contributed by atoms with Crippen LogP contribution in [-0.4, -0.2) is 38.2 Å². The first-order valence-corrected chi connectivity index (χ1v) is 10.0. The number of nitrogens with zero attached hydrogens (tertiary/aromatic N) is 1. The SMILES string of the molecule is CCOC(=O)CN1C(=O)C2(COc3cc4c(cc32)CCO4)c2c(Br)cccc21. The van der Waals surface area contributed by atoms with Crippen LogP contribution in [0.3, 0.4) is 0 Å². The number of anilines is 1. The number of carbonyl (C=O) groups excluding carboxylic acids is 2. The Labute approximate surface area is 170 Å². The van der Waals surface area contributed by atoms with Gasteiger partial charge in [0.2, 0.25) is 5.91 Å². The zero-order valence-corrected chi connectivity index (χ0v) is 16.9. The Morgan fingerprint density at radius 3 is 2.96 bits per heavy atom. The average Bonchev–Trinajstić information content (AvgIpc) is 3.34. The van der Waals surface area contributed by atoms with Gasteiger partial charge in [0.05, 0.1) is 18.9 Å². The number of esters is 1. The molecule has 1 amide bonds. The van der Waals surface area contributed by atoms with Crippen LogP contribution in [0.5, 0.6) is 11.5 Å². The topological polar surface area (TPSA) is 65.1 Å². The van der Waals surface area contributed by atoms with Gasteiger partial charge in [0.15, 0.2) is 0 Å². The van der Waals surface area contributed by atoms with Crippen LogP contribution in [-0.2, 0) is 26.2 Å². The van der Waals surface area contributed by atoms with Gasteiger partial charge in [-0.3, -0.25) is 14.5 Å². The van der Waals surface area contributed by atoms with Crippen molar-refractivity contribution in [2.24, 2.45) is 0 Å². The molecular formula is C21H18BrNO5. The van der Waals surface area contributed by atoms with Crippen molar-refractivity contribution in [3.63, 3.8) is 0 Å². The van der Waals surface area contributed by atoms with Gasteiger partial charge in [0, 0.05) is 28.1 Å². The number of carbonyl (C=O) groups is 2. The minimum Gasteiger partial charge on any atom is -0.493 e. The van der Waals surface area contributed by atoms with Crippen LogP contribution in [0.1, 0.15) is 23.6 Å². The maximum Gasteiger partial charge on any atom is 0.326 e. The molecule has 0 fully saturated rings. The van der Waals surface area contributed by atoms with E-state index in [0.717, 1.165) is 33.3 Å². The molecule has 7 heteroatoms. The largest absolute Gasteiger partial charge is 0.493 e. The van der Waals surface area contributed by atoms with Gasteiger partial charge in [0.1, 0.15) is 30.1 Å². The third-order valence-corrected chi connectivity index (χ3v) is 6.27. The van der Waals surface area contributed by atoms with Gasteiger partial charge in [-0.1, -0.05) is 22.0 Å². The molecule has 0 bridgehead atoms. The van der Waals surface area contributed by atoms with Crippen LogP contribution in [0.25, 0.3) is 0 Å². The van der Waals surface area contributed by atoms with E-state index in [-0.39, 0.29) is 25.7 Å². The van der Waals surface area contributed by atoms with Crippen LogP contribution >= 0.6 is 15.9 Å². The number of ether oxygens (including phenoxy) is 3. The Balaban J connectivity index is 1.68. The molecule has 0 saturated carbocycles. The molecule has 6 nitrogen and oxygen atoms in total. The monoisotopic (exact) mass is 443 g/mol. The fourth-order valence-corrected chi connectivity index (χ4v) is 5.10. The standard InChI is InChI=1S/C21H18BrNO5/c1-2-26-18(24)10-23-15-5-3-4-14(22)19(15)21(20(23)25)11-28-17-9-16-12(6-7-27-16)8-13(17)21/h3-5,8-9H,2,6-7,10-11H2,1H3. The minimum absolute atomic E-state index is 0.124. The van der Waals surface area contributed by atoms with E-state index < -0.39 is 11.4 Å². The highest BCUT2D eigenvalue weighted by molar-refractivity contribution is 9.10. The van der Waals surface area contributed by atoms with Crippen LogP contribution in [0.15, 0.2) is 34.8 Å². The summed E-state index contributed by atoms with van der Waals surface area (Å²) in [5.41, 5.74) is 2.48. The van der Waals surface area contributed by atoms with Crippen LogP contribution in [0.2, 0.25) is 0 Å². The highest BCUT2D eigenvalue weighted by Gasteiger charge is 2.58. The van der Waals surface area contributed by atoms with Crippen LogP contribution in [0, 0.1) is 0 Å². The van der Waals surface area contributed by atoms with Crippen molar-refractivity contribution in [1.29, 1.82) is 0 Å². The van der Waals surface area contributed by atoms with E-state index in [4.69, 9.17) is 14.2 Å². The number of fused-ring (bicyclic) bond motifs is 5. The van der Waals surface area contributed by atoms with E-state index in [9.17, 15) is 9.59 Å². The average molecular weight is 444 g/mol. The predicted molar refractivity (Wildman–Crippen MR) is 105 cm³/mol. The Kier molecular flexibility index (Phi) is 3.91. The van der Waals surface area contributed by atoms with E-state index in [2.05, 4.69) is 15.9 Å². The normalized spacial score (nSPS) is 21.2. The highest BCUT2D eigenvalue weighted by Crippen LogP contribution is 2.55. The second-order valence-electron chi connectivity index (χ2n) is 7.08. The van der Waals surface area contributed by atoms with Gasteiger partial charge < -0.3 is 14.2 Å². The molecule has 3 aliphatic heterocycles. The van der Waals surface area contributed by atoms with Gasteiger partial charge in [-0.2, -0.15) is 0 Å². The zero-order valence-electron chi connectivity index (χ0n) is 15.3. The molecule has 5 rings (SSSR count). The molecule has 1 atom stereocenters. The first-order chi connectivity index (χ1) is 13.6. The smallest absolute Gasteiger partial charge is 0.326 e. The fraction of sp³-hybridized carbons (Fsp3) is 0.333. The first kappa shape index (κ1) is 17.6. The van der Waals surface area contributed by atoms with Crippen molar-refractivity contribution in [3.8, 4) is 11.5 Å². The molecule has 3 heterocycles. The van der Waals surface area contributed by atoms with Gasteiger partial charge >= 0.3 is 5.97 Å². The fourth-order valence-electron chi connectivity index (χ4n) is 4.41. The molecule has 1 unspecified atom stereocenters. The lowest BCUT2D eigenvalue weighted by Crippen LogP contribution is -2.44. The molecular weight excluding hydrogens is 426 g/mol. The number of hydrogen-bond acceptors (Lipinski definition) is 5. The summed E-state index contributed by atoms with van der Waals surface area (Å²) in [7, 11) is 0. The van der Waals surface area contributed by atoms with Crippen molar-refractivity contribution in [3.05, 3.63) is 51.5 Å². The number of benzene rings is 2. The van der Waals surface area contributed by atoms with Crippen molar-refractivity contribution in [2.75, 3.05) is 31.3 Å². The Bertz CT molecular complexity index is 1020. The summed E-state index contributed by atoms with van der Waals surface area (Å²) in [4.78, 5) is 27.4. The number of amides is 1. The Hall–Kier alpha value is -2.54. The molecule has 2 aromatic rings. The Morgan fingerprint density at radius 1 is 1.29 bits per heavy atom. The quantitative estimate of drug-likeness (QED) is 0.682. The van der Waals surface area contributed by atoms with E-state index in [1.54, 1.807) is 6.92 Å². The van der Waals surface area contributed by atoms with E-state index in [1.807, 2.05) is 30.3 Å². The maximum absolute atomic E-state index is 13.7. The molecule has 144 valence electrons. The molecule has 28 heavy (non-hydrogen) atoms. The summed E-state index contributed by atoms with van der Waals surface area (Å²) in [6, 6.07) is 9.54. The third kappa shape index (κ3) is 2.25. The van der Waals surface area contributed by atoms with Crippen molar-refractivity contribution in [1.82, 2.24) is 0 Å². The summed E-state index contributed by atoms with van der Waals surface area (Å²) in [6.07, 6.45) is 0.808. The molecule has 2 aromatic carbocycles. The number of halogens is 1. The molecule has 0 N–H and O–H groups in total. The van der Waals surface area contributed by atoms with Gasteiger partial charge in [0.25, 0.3) is 0 Å². The molecule has 0 radical (unpaired) electrons.